The minimum Gasteiger partial charge on any atom is -0.492 e. The first-order valence-electron chi connectivity index (χ1n) is 7.14. The van der Waals surface area contributed by atoms with Crippen molar-refractivity contribution in [2.24, 2.45) is 5.41 Å². The molecule has 1 aromatic carbocycles. The monoisotopic (exact) mass is 272 g/mol. The molecule has 1 aliphatic carbocycles. The number of nitrogens with zero attached hydrogens (tertiary/aromatic N) is 1. The van der Waals surface area contributed by atoms with E-state index < -0.39 is 5.41 Å². The van der Waals surface area contributed by atoms with Gasteiger partial charge in [-0.05, 0) is 25.0 Å². The highest BCUT2D eigenvalue weighted by Crippen LogP contribution is 2.35. The zero-order chi connectivity index (χ0) is 14.3. The normalized spacial score (nSPS) is 16.9. The first kappa shape index (κ1) is 14.4. The molecule has 1 aromatic rings. The van der Waals surface area contributed by atoms with Crippen LogP contribution in [0.15, 0.2) is 30.3 Å². The number of hydrogen-bond acceptors (Lipinski definition) is 3. The Hall–Kier alpha value is -2.02. The summed E-state index contributed by atoms with van der Waals surface area (Å²) < 4.78 is 5.51. The molecule has 0 heterocycles. The quantitative estimate of drug-likeness (QED) is 0.838. The van der Waals surface area contributed by atoms with Gasteiger partial charge in [0.05, 0.1) is 12.6 Å². The van der Waals surface area contributed by atoms with Gasteiger partial charge in [-0.25, -0.2) is 0 Å². The van der Waals surface area contributed by atoms with E-state index in [1.54, 1.807) is 0 Å². The number of amides is 1. The van der Waals surface area contributed by atoms with E-state index in [0.717, 1.165) is 25.0 Å². The maximum Gasteiger partial charge on any atom is 0.240 e. The number of para-hydroxylation sites is 1. The van der Waals surface area contributed by atoms with E-state index in [4.69, 9.17) is 4.74 Å². The molecule has 106 valence electrons. The molecule has 0 spiro atoms. The number of carbonyl (C=O) groups is 1. The largest absolute Gasteiger partial charge is 0.492 e. The molecule has 2 rings (SSSR count). The molecule has 1 amide bonds. The van der Waals surface area contributed by atoms with Gasteiger partial charge in [-0.3, -0.25) is 4.79 Å². The lowest BCUT2D eigenvalue weighted by molar-refractivity contribution is -0.129. The zero-order valence-electron chi connectivity index (χ0n) is 11.6. The van der Waals surface area contributed by atoms with Gasteiger partial charge in [0, 0.05) is 0 Å². The number of carbonyl (C=O) groups excluding carboxylic acids is 1. The molecule has 0 aliphatic heterocycles. The second-order valence-corrected chi connectivity index (χ2v) is 5.17. The number of rotatable bonds is 5. The van der Waals surface area contributed by atoms with Crippen LogP contribution >= 0.6 is 0 Å². The zero-order valence-corrected chi connectivity index (χ0v) is 11.6. The molecule has 0 bridgehead atoms. The van der Waals surface area contributed by atoms with Gasteiger partial charge in [-0.1, -0.05) is 37.5 Å². The van der Waals surface area contributed by atoms with E-state index in [1.165, 1.54) is 0 Å². The average molecular weight is 272 g/mol. The van der Waals surface area contributed by atoms with Crippen LogP contribution in [0.2, 0.25) is 0 Å². The van der Waals surface area contributed by atoms with Gasteiger partial charge in [-0.2, -0.15) is 5.26 Å². The Balaban J connectivity index is 1.76. The molecule has 4 nitrogen and oxygen atoms in total. The molecule has 0 atom stereocenters. The van der Waals surface area contributed by atoms with Crippen LogP contribution in [0.5, 0.6) is 5.75 Å². The lowest BCUT2D eigenvalue weighted by atomic mass is 9.74. The number of benzene rings is 1. The van der Waals surface area contributed by atoms with Crippen molar-refractivity contribution < 1.29 is 9.53 Å². The highest BCUT2D eigenvalue weighted by atomic mass is 16.5. The second-order valence-electron chi connectivity index (χ2n) is 5.17. The molecule has 1 aliphatic rings. The Morgan fingerprint density at radius 3 is 2.60 bits per heavy atom. The minimum atomic E-state index is -0.814. The Labute approximate surface area is 119 Å². The molecule has 0 radical (unpaired) electrons. The van der Waals surface area contributed by atoms with Gasteiger partial charge in [0.15, 0.2) is 0 Å². The topological polar surface area (TPSA) is 62.1 Å². The van der Waals surface area contributed by atoms with Crippen molar-refractivity contribution in [2.75, 3.05) is 13.2 Å². The van der Waals surface area contributed by atoms with E-state index in [0.29, 0.717) is 26.0 Å². The van der Waals surface area contributed by atoms with Crippen molar-refractivity contribution in [2.45, 2.75) is 32.1 Å². The van der Waals surface area contributed by atoms with Crippen molar-refractivity contribution in [3.8, 4) is 11.8 Å². The van der Waals surface area contributed by atoms with Crippen LogP contribution < -0.4 is 10.1 Å². The fourth-order valence-electron chi connectivity index (χ4n) is 2.56. The Morgan fingerprint density at radius 1 is 1.25 bits per heavy atom. The van der Waals surface area contributed by atoms with Crippen LogP contribution in [0, 0.1) is 16.7 Å². The van der Waals surface area contributed by atoms with Crippen LogP contribution in [0.25, 0.3) is 0 Å². The lowest BCUT2D eigenvalue weighted by Crippen LogP contribution is -2.42. The summed E-state index contributed by atoms with van der Waals surface area (Å²) in [5.74, 6) is 0.644. The Kier molecular flexibility index (Phi) is 5.00. The molecule has 1 saturated carbocycles. The second kappa shape index (κ2) is 6.95. The molecule has 1 N–H and O–H groups in total. The molecule has 0 unspecified atom stereocenters. The summed E-state index contributed by atoms with van der Waals surface area (Å²) in [6, 6.07) is 11.7. The summed E-state index contributed by atoms with van der Waals surface area (Å²) in [5, 5.41) is 12.1. The number of nitrogens with one attached hydrogen (secondary N) is 1. The fraction of sp³-hybridized carbons (Fsp3) is 0.500. The van der Waals surface area contributed by atoms with E-state index in [9.17, 15) is 10.1 Å². The standard InChI is InChI=1S/C16H20N2O2/c17-13-16(9-5-2-6-10-16)15(19)18-11-12-20-14-7-3-1-4-8-14/h1,3-4,7-8H,2,5-6,9-12H2,(H,18,19). The van der Waals surface area contributed by atoms with Crippen LogP contribution in [0.1, 0.15) is 32.1 Å². The van der Waals surface area contributed by atoms with Gasteiger partial charge in [-0.15, -0.1) is 0 Å². The van der Waals surface area contributed by atoms with E-state index in [-0.39, 0.29) is 5.91 Å². The smallest absolute Gasteiger partial charge is 0.240 e. The number of hydrogen-bond donors (Lipinski definition) is 1. The van der Waals surface area contributed by atoms with Gasteiger partial charge in [0.2, 0.25) is 5.91 Å². The van der Waals surface area contributed by atoms with Crippen molar-refractivity contribution in [1.29, 1.82) is 5.26 Å². The highest BCUT2D eigenvalue weighted by molar-refractivity contribution is 5.85. The average Bonchev–Trinajstić information content (AvgIpc) is 2.53. The fourth-order valence-corrected chi connectivity index (χ4v) is 2.56. The van der Waals surface area contributed by atoms with Gasteiger partial charge >= 0.3 is 0 Å². The van der Waals surface area contributed by atoms with Crippen molar-refractivity contribution >= 4 is 5.91 Å². The SMILES string of the molecule is N#CC1(C(=O)NCCOc2ccccc2)CCCCC1. The predicted molar refractivity (Wildman–Crippen MR) is 76.1 cm³/mol. The van der Waals surface area contributed by atoms with Gasteiger partial charge in [0.1, 0.15) is 17.8 Å². The van der Waals surface area contributed by atoms with Crippen LogP contribution in [-0.2, 0) is 4.79 Å². The molecule has 20 heavy (non-hydrogen) atoms. The van der Waals surface area contributed by atoms with E-state index in [1.807, 2.05) is 30.3 Å². The first-order valence-corrected chi connectivity index (χ1v) is 7.14. The Morgan fingerprint density at radius 2 is 1.95 bits per heavy atom. The van der Waals surface area contributed by atoms with E-state index in [2.05, 4.69) is 11.4 Å². The van der Waals surface area contributed by atoms with Crippen LogP contribution in [-0.4, -0.2) is 19.1 Å². The third kappa shape index (κ3) is 3.51. The summed E-state index contributed by atoms with van der Waals surface area (Å²) in [4.78, 5) is 12.2. The molecule has 1 fully saturated rings. The van der Waals surface area contributed by atoms with Crippen molar-refractivity contribution in [3.05, 3.63) is 30.3 Å². The summed E-state index contributed by atoms with van der Waals surface area (Å²) in [6.45, 7) is 0.842. The molecule has 4 heteroatoms. The highest BCUT2D eigenvalue weighted by Gasteiger charge is 2.39. The third-order valence-electron chi connectivity index (χ3n) is 3.76. The maximum absolute atomic E-state index is 12.2. The van der Waals surface area contributed by atoms with Crippen LogP contribution in [0.3, 0.4) is 0 Å². The Bertz CT molecular complexity index is 473. The van der Waals surface area contributed by atoms with Gasteiger partial charge in [0.25, 0.3) is 0 Å². The first-order chi connectivity index (χ1) is 9.77. The third-order valence-corrected chi connectivity index (χ3v) is 3.76. The number of nitriles is 1. The summed E-state index contributed by atoms with van der Waals surface area (Å²) in [7, 11) is 0. The summed E-state index contributed by atoms with van der Waals surface area (Å²) in [5.41, 5.74) is -0.814. The van der Waals surface area contributed by atoms with E-state index >= 15 is 0 Å². The molecule has 0 aromatic heterocycles. The van der Waals surface area contributed by atoms with Crippen molar-refractivity contribution in [3.63, 3.8) is 0 Å². The minimum absolute atomic E-state index is 0.142. The number of ether oxygens (including phenoxy) is 1. The molecular formula is C16H20N2O2. The molecule has 0 saturated heterocycles. The van der Waals surface area contributed by atoms with Crippen LogP contribution in [0.4, 0.5) is 0 Å². The maximum atomic E-state index is 12.2. The predicted octanol–water partition coefficient (Wildman–Crippen LogP) is 2.66. The van der Waals surface area contributed by atoms with Gasteiger partial charge < -0.3 is 10.1 Å². The molecular weight excluding hydrogens is 252 g/mol. The summed E-state index contributed by atoms with van der Waals surface area (Å²) >= 11 is 0. The summed E-state index contributed by atoms with van der Waals surface area (Å²) in [6.07, 6.45) is 4.39. The van der Waals surface area contributed by atoms with Crippen molar-refractivity contribution in [1.82, 2.24) is 5.32 Å². The lowest BCUT2D eigenvalue weighted by Gasteiger charge is -2.29.